The first-order chi connectivity index (χ1) is 12.6. The molecule has 0 spiro atoms. The van der Waals surface area contributed by atoms with Gasteiger partial charge in [0.05, 0.1) is 28.8 Å². The number of anilines is 2. The Morgan fingerprint density at radius 1 is 1.15 bits per heavy atom. The molecule has 0 heterocycles. The third kappa shape index (κ3) is 6.30. The summed E-state index contributed by atoms with van der Waals surface area (Å²) in [6.07, 6.45) is 1.03. The van der Waals surface area contributed by atoms with E-state index in [1.54, 1.807) is 36.4 Å². The van der Waals surface area contributed by atoms with E-state index in [4.69, 9.17) is 27.9 Å². The maximum absolute atomic E-state index is 12.4. The molecule has 0 saturated heterocycles. The molecule has 27 heavy (non-hydrogen) atoms. The Bertz CT molecular complexity index is 915. The van der Waals surface area contributed by atoms with E-state index in [-0.39, 0.29) is 6.10 Å². The number of amides is 1. The van der Waals surface area contributed by atoms with Crippen molar-refractivity contribution in [1.82, 2.24) is 0 Å². The molecule has 0 aliphatic rings. The Kier molecular flexibility index (Phi) is 6.97. The van der Waals surface area contributed by atoms with Gasteiger partial charge in [-0.05, 0) is 56.3 Å². The number of benzene rings is 2. The van der Waals surface area contributed by atoms with Gasteiger partial charge in [-0.2, -0.15) is 0 Å². The molecule has 2 rings (SSSR count). The molecule has 2 aromatic rings. The monoisotopic (exact) mass is 430 g/mol. The second-order valence-corrected chi connectivity index (χ2v) is 8.85. The molecule has 0 atom stereocenters. The summed E-state index contributed by atoms with van der Waals surface area (Å²) in [4.78, 5) is 12.4. The zero-order chi connectivity index (χ0) is 20.2. The first kappa shape index (κ1) is 21.3. The summed E-state index contributed by atoms with van der Waals surface area (Å²) >= 11 is 11.9. The normalized spacial score (nSPS) is 11.3. The van der Waals surface area contributed by atoms with Crippen LogP contribution in [0.1, 0.15) is 13.8 Å². The van der Waals surface area contributed by atoms with Gasteiger partial charge in [-0.1, -0.05) is 23.2 Å². The van der Waals surface area contributed by atoms with Crippen LogP contribution in [0.3, 0.4) is 0 Å². The minimum atomic E-state index is -3.69. The van der Waals surface area contributed by atoms with Gasteiger partial charge in [-0.25, -0.2) is 8.42 Å². The molecule has 1 amide bonds. The van der Waals surface area contributed by atoms with Crippen molar-refractivity contribution in [2.24, 2.45) is 0 Å². The van der Waals surface area contributed by atoms with Crippen molar-refractivity contribution in [3.63, 3.8) is 0 Å². The highest BCUT2D eigenvalue weighted by atomic mass is 35.5. The number of carbonyl (C=O) groups is 1. The lowest BCUT2D eigenvalue weighted by molar-refractivity contribution is -0.114. The molecule has 0 unspecified atom stereocenters. The van der Waals surface area contributed by atoms with Crippen molar-refractivity contribution in [3.8, 4) is 5.75 Å². The lowest BCUT2D eigenvalue weighted by atomic mass is 10.3. The molecule has 0 aromatic heterocycles. The highest BCUT2D eigenvalue weighted by Gasteiger charge is 2.21. The number of nitrogens with one attached hydrogen (secondary N) is 1. The highest BCUT2D eigenvalue weighted by molar-refractivity contribution is 7.92. The first-order valence-corrected chi connectivity index (χ1v) is 10.7. The standard InChI is InChI=1S/C18H20Cl2N2O4S/c1-12(2)26-15-7-5-14(6-8-15)22(27(3,24)25)11-18(23)21-17-10-13(19)4-9-16(17)20/h4-10,12H,11H2,1-3H3,(H,21,23). The third-order valence-electron chi connectivity index (χ3n) is 3.39. The largest absolute Gasteiger partial charge is 0.491 e. The van der Waals surface area contributed by atoms with Crippen molar-refractivity contribution in [2.75, 3.05) is 22.4 Å². The number of halogens is 2. The molecule has 0 fully saturated rings. The van der Waals surface area contributed by atoms with Crippen molar-refractivity contribution in [1.29, 1.82) is 0 Å². The number of ether oxygens (including phenoxy) is 1. The van der Waals surface area contributed by atoms with E-state index in [1.165, 1.54) is 6.07 Å². The van der Waals surface area contributed by atoms with Gasteiger partial charge in [-0.15, -0.1) is 0 Å². The quantitative estimate of drug-likeness (QED) is 0.714. The van der Waals surface area contributed by atoms with Crippen LogP contribution >= 0.6 is 23.2 Å². The maximum atomic E-state index is 12.4. The number of hydrogen-bond acceptors (Lipinski definition) is 4. The SMILES string of the molecule is CC(C)Oc1ccc(N(CC(=O)Nc2cc(Cl)ccc2Cl)S(C)(=O)=O)cc1. The number of hydrogen-bond donors (Lipinski definition) is 1. The molecular formula is C18H20Cl2N2O4S. The topological polar surface area (TPSA) is 75.7 Å². The summed E-state index contributed by atoms with van der Waals surface area (Å²) < 4.78 is 30.9. The van der Waals surface area contributed by atoms with Crippen molar-refractivity contribution >= 4 is 50.5 Å². The van der Waals surface area contributed by atoms with Gasteiger partial charge in [0, 0.05) is 5.02 Å². The van der Waals surface area contributed by atoms with E-state index < -0.39 is 22.5 Å². The van der Waals surface area contributed by atoms with Gasteiger partial charge in [0.15, 0.2) is 0 Å². The lowest BCUT2D eigenvalue weighted by Crippen LogP contribution is -2.37. The number of carbonyl (C=O) groups excluding carboxylic acids is 1. The summed E-state index contributed by atoms with van der Waals surface area (Å²) in [5, 5.41) is 3.27. The van der Waals surface area contributed by atoms with E-state index in [9.17, 15) is 13.2 Å². The molecule has 1 N–H and O–H groups in total. The summed E-state index contributed by atoms with van der Waals surface area (Å²) in [5.74, 6) is 0.0597. The van der Waals surface area contributed by atoms with E-state index >= 15 is 0 Å². The number of sulfonamides is 1. The van der Waals surface area contributed by atoms with Crippen LogP contribution in [0, 0.1) is 0 Å². The molecule has 146 valence electrons. The van der Waals surface area contributed by atoms with E-state index in [1.807, 2.05) is 13.8 Å². The second kappa shape index (κ2) is 8.82. The van der Waals surface area contributed by atoms with E-state index in [0.717, 1.165) is 10.6 Å². The molecule has 0 saturated carbocycles. The fourth-order valence-corrected chi connectivity index (χ4v) is 3.47. The van der Waals surface area contributed by atoms with Crippen molar-refractivity contribution < 1.29 is 17.9 Å². The van der Waals surface area contributed by atoms with Gasteiger partial charge >= 0.3 is 0 Å². The minimum absolute atomic E-state index is 0.00455. The van der Waals surface area contributed by atoms with Crippen molar-refractivity contribution in [3.05, 3.63) is 52.5 Å². The Hall–Kier alpha value is -1.96. The molecule has 0 bridgehead atoms. The Morgan fingerprint density at radius 3 is 2.33 bits per heavy atom. The smallest absolute Gasteiger partial charge is 0.245 e. The van der Waals surface area contributed by atoms with Crippen molar-refractivity contribution in [2.45, 2.75) is 20.0 Å². The van der Waals surface area contributed by atoms with Gasteiger partial charge in [0.1, 0.15) is 12.3 Å². The Morgan fingerprint density at radius 2 is 1.78 bits per heavy atom. The lowest BCUT2D eigenvalue weighted by Gasteiger charge is -2.22. The minimum Gasteiger partial charge on any atom is -0.491 e. The van der Waals surface area contributed by atoms with E-state index in [0.29, 0.717) is 27.2 Å². The zero-order valence-corrected chi connectivity index (χ0v) is 17.4. The molecule has 0 aliphatic carbocycles. The van der Waals surface area contributed by atoms with Gasteiger partial charge in [-0.3, -0.25) is 9.10 Å². The molecular weight excluding hydrogens is 411 g/mol. The predicted molar refractivity (Wildman–Crippen MR) is 109 cm³/mol. The van der Waals surface area contributed by atoms with Crippen LogP contribution in [0.4, 0.5) is 11.4 Å². The summed E-state index contributed by atoms with van der Waals surface area (Å²) in [7, 11) is -3.69. The fraction of sp³-hybridized carbons (Fsp3) is 0.278. The predicted octanol–water partition coefficient (Wildman–Crippen LogP) is 4.19. The van der Waals surface area contributed by atoms with E-state index in [2.05, 4.69) is 5.32 Å². The fourth-order valence-electron chi connectivity index (χ4n) is 2.28. The molecule has 9 heteroatoms. The van der Waals surface area contributed by atoms with Crippen LogP contribution in [-0.2, 0) is 14.8 Å². The van der Waals surface area contributed by atoms with Gasteiger partial charge in [0.2, 0.25) is 15.9 Å². The molecule has 2 aromatic carbocycles. The molecule has 0 radical (unpaired) electrons. The average molecular weight is 431 g/mol. The van der Waals surface area contributed by atoms with Gasteiger partial charge in [0.25, 0.3) is 0 Å². The van der Waals surface area contributed by atoms with Crippen LogP contribution in [0.5, 0.6) is 5.75 Å². The maximum Gasteiger partial charge on any atom is 0.245 e. The first-order valence-electron chi connectivity index (χ1n) is 8.05. The second-order valence-electron chi connectivity index (χ2n) is 6.10. The zero-order valence-electron chi connectivity index (χ0n) is 15.1. The Balaban J connectivity index is 2.19. The number of rotatable bonds is 7. The average Bonchev–Trinajstić information content (AvgIpc) is 2.55. The van der Waals surface area contributed by atoms with Crippen LogP contribution < -0.4 is 14.4 Å². The van der Waals surface area contributed by atoms with Crippen LogP contribution in [0.2, 0.25) is 10.0 Å². The molecule has 0 aliphatic heterocycles. The van der Waals surface area contributed by atoms with Crippen LogP contribution in [0.15, 0.2) is 42.5 Å². The third-order valence-corrected chi connectivity index (χ3v) is 5.09. The van der Waals surface area contributed by atoms with Gasteiger partial charge < -0.3 is 10.1 Å². The molecule has 6 nitrogen and oxygen atoms in total. The summed E-state index contributed by atoms with van der Waals surface area (Å²) in [5.41, 5.74) is 0.657. The Labute approximate surface area is 169 Å². The van der Waals surface area contributed by atoms with Crippen LogP contribution in [-0.4, -0.2) is 33.2 Å². The van der Waals surface area contributed by atoms with Crippen LogP contribution in [0.25, 0.3) is 0 Å². The summed E-state index contributed by atoms with van der Waals surface area (Å²) in [6, 6.07) is 11.1. The highest BCUT2D eigenvalue weighted by Crippen LogP contribution is 2.26. The summed E-state index contributed by atoms with van der Waals surface area (Å²) in [6.45, 7) is 3.37. The number of nitrogens with zero attached hydrogens (tertiary/aromatic N) is 1.